The average Bonchev–Trinajstić information content (AvgIpc) is 3.51. The van der Waals surface area contributed by atoms with E-state index in [1.807, 2.05) is 50.5 Å². The third-order valence-electron chi connectivity index (χ3n) is 7.61. The molecule has 2 aromatic heterocycles. The van der Waals surface area contributed by atoms with Crippen molar-refractivity contribution in [3.05, 3.63) is 29.2 Å². The van der Waals surface area contributed by atoms with Crippen molar-refractivity contribution in [2.24, 2.45) is 11.3 Å². The lowest BCUT2D eigenvalue weighted by Crippen LogP contribution is -2.46. The summed E-state index contributed by atoms with van der Waals surface area (Å²) in [7, 11) is 1.85. The van der Waals surface area contributed by atoms with Crippen molar-refractivity contribution in [1.82, 2.24) is 34.6 Å². The Balaban J connectivity index is 1.46. The molecule has 0 aromatic carbocycles. The summed E-state index contributed by atoms with van der Waals surface area (Å²) in [5.41, 5.74) is 2.05. The van der Waals surface area contributed by atoms with Crippen molar-refractivity contribution in [2.75, 3.05) is 33.2 Å². The van der Waals surface area contributed by atoms with Crippen LogP contribution in [0.4, 0.5) is 0 Å². The minimum atomic E-state index is -0.0922. The van der Waals surface area contributed by atoms with Gasteiger partial charge in [-0.2, -0.15) is 10.1 Å². The van der Waals surface area contributed by atoms with Crippen LogP contribution in [-0.4, -0.2) is 79.7 Å². The van der Waals surface area contributed by atoms with Crippen LogP contribution < -0.4 is 0 Å². The molecule has 0 bridgehead atoms. The molecule has 1 atom stereocenters. The molecule has 0 aliphatic carbocycles. The first-order valence-electron chi connectivity index (χ1n) is 12.7. The van der Waals surface area contributed by atoms with Gasteiger partial charge in [-0.3, -0.25) is 19.2 Å². The first kappa shape index (κ1) is 25.3. The van der Waals surface area contributed by atoms with Gasteiger partial charge in [0.15, 0.2) is 5.82 Å². The number of piperidine rings is 1. The second-order valence-electron chi connectivity index (χ2n) is 10.6. The van der Waals surface area contributed by atoms with Gasteiger partial charge in [-0.1, -0.05) is 19.0 Å². The molecule has 1 spiro atoms. The lowest BCUT2D eigenvalue weighted by Gasteiger charge is -2.40. The van der Waals surface area contributed by atoms with E-state index in [0.29, 0.717) is 24.8 Å². The van der Waals surface area contributed by atoms with Crippen LogP contribution in [0.25, 0.3) is 0 Å². The fourth-order valence-electron chi connectivity index (χ4n) is 5.45. The molecule has 35 heavy (non-hydrogen) atoms. The summed E-state index contributed by atoms with van der Waals surface area (Å²) in [6.45, 7) is 13.7. The number of rotatable bonds is 7. The third-order valence-corrected chi connectivity index (χ3v) is 7.61. The maximum absolute atomic E-state index is 13.3. The van der Waals surface area contributed by atoms with E-state index >= 15 is 0 Å². The second kappa shape index (κ2) is 10.1. The molecule has 1 unspecified atom stereocenters. The summed E-state index contributed by atoms with van der Waals surface area (Å²) in [4.78, 5) is 36.3. The molecule has 2 amide bonds. The highest BCUT2D eigenvalue weighted by Gasteiger charge is 2.48. The van der Waals surface area contributed by atoms with Gasteiger partial charge in [-0.05, 0) is 45.4 Å². The topological polar surface area (TPSA) is 101 Å². The van der Waals surface area contributed by atoms with Crippen molar-refractivity contribution in [3.8, 4) is 0 Å². The lowest BCUT2D eigenvalue weighted by molar-refractivity contribution is -0.136. The van der Waals surface area contributed by atoms with Gasteiger partial charge in [0, 0.05) is 57.4 Å². The summed E-state index contributed by atoms with van der Waals surface area (Å²) in [6.07, 6.45) is 4.72. The number of hydrogen-bond acceptors (Lipinski definition) is 7. The summed E-state index contributed by atoms with van der Waals surface area (Å²) < 4.78 is 7.47. The van der Waals surface area contributed by atoms with E-state index in [4.69, 9.17) is 4.52 Å². The fraction of sp³-hybridized carbons (Fsp3) is 0.720. The van der Waals surface area contributed by atoms with E-state index in [9.17, 15) is 9.59 Å². The molecular formula is C25H39N7O3. The van der Waals surface area contributed by atoms with E-state index in [2.05, 4.69) is 27.1 Å². The van der Waals surface area contributed by atoms with Crippen LogP contribution in [0.1, 0.15) is 69.0 Å². The molecule has 2 saturated heterocycles. The van der Waals surface area contributed by atoms with E-state index in [0.717, 1.165) is 56.7 Å². The van der Waals surface area contributed by atoms with Crippen molar-refractivity contribution in [3.63, 3.8) is 0 Å². The molecule has 4 heterocycles. The molecule has 2 aliphatic rings. The minimum absolute atomic E-state index is 0.0134. The Kier molecular flexibility index (Phi) is 7.30. The Morgan fingerprint density at radius 1 is 1.26 bits per heavy atom. The predicted octanol–water partition coefficient (Wildman–Crippen LogP) is 2.57. The first-order valence-corrected chi connectivity index (χ1v) is 12.7. The molecular weight excluding hydrogens is 446 g/mol. The highest BCUT2D eigenvalue weighted by atomic mass is 16.5. The number of amides is 2. The monoisotopic (exact) mass is 485 g/mol. The SMILES string of the molecule is CCn1cc(CN(C)C(=O)CN2CC3(CCN(C(=O)C(C)C)CC3)CC2c2nc(C)no2)c(C)n1. The Hall–Kier alpha value is -2.75. The Bertz CT molecular complexity index is 1050. The van der Waals surface area contributed by atoms with Crippen molar-refractivity contribution in [1.29, 1.82) is 0 Å². The quantitative estimate of drug-likeness (QED) is 0.594. The molecule has 0 N–H and O–H groups in total. The van der Waals surface area contributed by atoms with Crippen LogP contribution in [0.5, 0.6) is 0 Å². The zero-order valence-electron chi connectivity index (χ0n) is 22.0. The number of nitrogens with zero attached hydrogens (tertiary/aromatic N) is 7. The summed E-state index contributed by atoms with van der Waals surface area (Å²) in [6, 6.07) is -0.0922. The number of likely N-dealkylation sites (N-methyl/N-ethyl adjacent to an activating group) is 1. The van der Waals surface area contributed by atoms with Gasteiger partial charge in [0.05, 0.1) is 18.3 Å². The standard InChI is InChI=1S/C25H39N7O3/c1-7-32-14-20(18(4)27-32)13-29(6)22(33)15-31-16-25(12-21(31)23-26-19(5)28-35-23)8-10-30(11-9-25)24(34)17(2)3/h14,17,21H,7-13,15-16H2,1-6H3. The Morgan fingerprint density at radius 3 is 2.54 bits per heavy atom. The van der Waals surface area contributed by atoms with Crippen LogP contribution in [0.15, 0.2) is 10.7 Å². The zero-order chi connectivity index (χ0) is 25.3. The Morgan fingerprint density at radius 2 is 1.97 bits per heavy atom. The predicted molar refractivity (Wildman–Crippen MR) is 130 cm³/mol. The van der Waals surface area contributed by atoms with E-state index in [-0.39, 0.29) is 29.2 Å². The van der Waals surface area contributed by atoms with Gasteiger partial charge in [0.25, 0.3) is 0 Å². The summed E-state index contributed by atoms with van der Waals surface area (Å²) in [5, 5.41) is 8.50. The molecule has 10 nitrogen and oxygen atoms in total. The minimum Gasteiger partial charge on any atom is -0.342 e. The number of carbonyl (C=O) groups excluding carboxylic acids is 2. The van der Waals surface area contributed by atoms with Gasteiger partial charge >= 0.3 is 0 Å². The maximum atomic E-state index is 13.3. The zero-order valence-corrected chi connectivity index (χ0v) is 22.0. The molecule has 4 rings (SSSR count). The van der Waals surface area contributed by atoms with Gasteiger partial charge in [-0.15, -0.1) is 0 Å². The summed E-state index contributed by atoms with van der Waals surface area (Å²) in [5.74, 6) is 1.47. The van der Waals surface area contributed by atoms with Crippen molar-refractivity contribution in [2.45, 2.75) is 73.0 Å². The smallest absolute Gasteiger partial charge is 0.244 e. The molecule has 0 radical (unpaired) electrons. The van der Waals surface area contributed by atoms with Gasteiger partial charge in [0.2, 0.25) is 17.7 Å². The van der Waals surface area contributed by atoms with E-state index < -0.39 is 0 Å². The summed E-state index contributed by atoms with van der Waals surface area (Å²) >= 11 is 0. The lowest BCUT2D eigenvalue weighted by atomic mass is 9.76. The molecule has 0 saturated carbocycles. The second-order valence-corrected chi connectivity index (χ2v) is 10.6. The molecule has 2 aliphatic heterocycles. The highest BCUT2D eigenvalue weighted by molar-refractivity contribution is 5.78. The normalized spacial score (nSPS) is 20.2. The van der Waals surface area contributed by atoms with Gasteiger partial charge in [-0.25, -0.2) is 0 Å². The Labute approximate surface area is 207 Å². The number of hydrogen-bond donors (Lipinski definition) is 0. The van der Waals surface area contributed by atoms with Crippen molar-refractivity contribution >= 4 is 11.8 Å². The van der Waals surface area contributed by atoms with Crippen LogP contribution >= 0.6 is 0 Å². The number of aryl methyl sites for hydroxylation is 3. The largest absolute Gasteiger partial charge is 0.342 e. The van der Waals surface area contributed by atoms with E-state index in [1.54, 1.807) is 4.90 Å². The van der Waals surface area contributed by atoms with Crippen LogP contribution in [0.3, 0.4) is 0 Å². The number of likely N-dealkylation sites (tertiary alicyclic amines) is 2. The van der Waals surface area contributed by atoms with Gasteiger partial charge in [0.1, 0.15) is 0 Å². The fourth-order valence-corrected chi connectivity index (χ4v) is 5.45. The number of aromatic nitrogens is 4. The van der Waals surface area contributed by atoms with Crippen LogP contribution in [-0.2, 0) is 22.7 Å². The number of carbonyl (C=O) groups is 2. The molecule has 10 heteroatoms. The molecule has 192 valence electrons. The third kappa shape index (κ3) is 5.42. The highest BCUT2D eigenvalue weighted by Crippen LogP contribution is 2.48. The van der Waals surface area contributed by atoms with Crippen LogP contribution in [0, 0.1) is 25.2 Å². The average molecular weight is 486 g/mol. The molecule has 2 aromatic rings. The van der Waals surface area contributed by atoms with Crippen molar-refractivity contribution < 1.29 is 14.1 Å². The van der Waals surface area contributed by atoms with Gasteiger partial charge < -0.3 is 14.3 Å². The van der Waals surface area contributed by atoms with Crippen LogP contribution in [0.2, 0.25) is 0 Å². The maximum Gasteiger partial charge on any atom is 0.244 e. The molecule has 2 fully saturated rings. The van der Waals surface area contributed by atoms with E-state index in [1.165, 1.54) is 0 Å². The first-order chi connectivity index (χ1) is 16.6.